The van der Waals surface area contributed by atoms with E-state index in [0.717, 1.165) is 14.7 Å². The molecule has 196 valence electrons. The molecule has 0 bridgehead atoms. The summed E-state index contributed by atoms with van der Waals surface area (Å²) in [6.07, 6.45) is 1.81. The number of rotatable bonds is 8. The van der Waals surface area contributed by atoms with Crippen LogP contribution in [0.4, 0.5) is 5.69 Å². The zero-order chi connectivity index (χ0) is 27.2. The Kier molecular flexibility index (Phi) is 9.35. The fourth-order valence-corrected chi connectivity index (χ4v) is 5.50. The average Bonchev–Trinajstić information content (AvgIpc) is 3.16. The van der Waals surface area contributed by atoms with Gasteiger partial charge in [0.15, 0.2) is 16.7 Å². The Bertz CT molecular complexity index is 1430. The number of amides is 1. The van der Waals surface area contributed by atoms with Crippen molar-refractivity contribution in [2.75, 3.05) is 20.8 Å². The monoisotopic (exact) mass is 662 g/mol. The minimum atomic E-state index is -0.418. The summed E-state index contributed by atoms with van der Waals surface area (Å²) >= 11 is 9.76. The van der Waals surface area contributed by atoms with Gasteiger partial charge in [-0.1, -0.05) is 29.8 Å². The van der Waals surface area contributed by atoms with E-state index < -0.39 is 5.97 Å². The third-order valence-corrected chi connectivity index (χ3v) is 7.71. The molecule has 1 aliphatic rings. The van der Waals surface area contributed by atoms with Gasteiger partial charge in [0.05, 0.1) is 33.4 Å². The molecule has 0 N–H and O–H groups in total. The summed E-state index contributed by atoms with van der Waals surface area (Å²) in [5, 5.41) is 1.17. The molecule has 0 aromatic heterocycles. The summed E-state index contributed by atoms with van der Waals surface area (Å²) < 4.78 is 17.5. The Morgan fingerprint density at radius 2 is 1.87 bits per heavy atom. The first kappa shape index (κ1) is 28.0. The second-order valence-electron chi connectivity index (χ2n) is 8.05. The van der Waals surface area contributed by atoms with Gasteiger partial charge in [0.2, 0.25) is 0 Å². The van der Waals surface area contributed by atoms with Crippen LogP contribution in [-0.2, 0) is 16.1 Å². The number of halogens is 2. The van der Waals surface area contributed by atoms with E-state index in [1.165, 1.54) is 23.8 Å². The molecule has 10 heteroatoms. The van der Waals surface area contributed by atoms with E-state index >= 15 is 0 Å². The van der Waals surface area contributed by atoms with Crippen molar-refractivity contribution in [1.29, 1.82) is 0 Å². The van der Waals surface area contributed by atoms with E-state index in [4.69, 9.17) is 25.8 Å². The third-order valence-electron chi connectivity index (χ3n) is 5.48. The van der Waals surface area contributed by atoms with Crippen LogP contribution in [0.2, 0.25) is 5.02 Å². The van der Waals surface area contributed by atoms with Crippen LogP contribution in [0.15, 0.2) is 70.6 Å². The summed E-state index contributed by atoms with van der Waals surface area (Å²) in [5.41, 5.74) is 2.73. The maximum atomic E-state index is 13.0. The van der Waals surface area contributed by atoms with Gasteiger partial charge in [0, 0.05) is 17.6 Å². The van der Waals surface area contributed by atoms with Gasteiger partial charge < -0.3 is 14.2 Å². The zero-order valence-corrected chi connectivity index (χ0v) is 24.6. The number of amidine groups is 1. The molecule has 1 saturated heterocycles. The van der Waals surface area contributed by atoms with Gasteiger partial charge in [-0.05, 0) is 95.4 Å². The molecule has 1 heterocycles. The number of carbonyl (C=O) groups excluding carboxylic acids is 2. The van der Waals surface area contributed by atoms with Crippen molar-refractivity contribution < 1.29 is 23.8 Å². The van der Waals surface area contributed by atoms with Crippen LogP contribution in [0.1, 0.15) is 28.4 Å². The molecule has 3 aromatic rings. The van der Waals surface area contributed by atoms with Crippen molar-refractivity contribution in [2.24, 2.45) is 4.99 Å². The van der Waals surface area contributed by atoms with Crippen LogP contribution in [0.3, 0.4) is 0 Å². The molecule has 3 aromatic carbocycles. The van der Waals surface area contributed by atoms with Crippen molar-refractivity contribution in [3.05, 3.63) is 90.9 Å². The lowest BCUT2D eigenvalue weighted by Gasteiger charge is -2.15. The number of carbonyl (C=O) groups is 2. The van der Waals surface area contributed by atoms with Crippen molar-refractivity contribution in [3.63, 3.8) is 0 Å². The smallest absolute Gasteiger partial charge is 0.337 e. The topological polar surface area (TPSA) is 77.4 Å². The largest absolute Gasteiger partial charge is 0.490 e. The second kappa shape index (κ2) is 12.7. The van der Waals surface area contributed by atoms with E-state index in [9.17, 15) is 9.59 Å². The van der Waals surface area contributed by atoms with Crippen molar-refractivity contribution in [1.82, 2.24) is 4.90 Å². The molecule has 38 heavy (non-hydrogen) atoms. The molecule has 4 rings (SSSR count). The Balaban J connectivity index is 1.57. The van der Waals surface area contributed by atoms with Crippen LogP contribution in [0.25, 0.3) is 6.08 Å². The maximum absolute atomic E-state index is 13.0. The molecule has 0 radical (unpaired) electrons. The Morgan fingerprint density at radius 3 is 2.55 bits per heavy atom. The second-order valence-corrected chi connectivity index (χ2v) is 10.6. The number of nitrogens with zero attached hydrogens (tertiary/aromatic N) is 2. The van der Waals surface area contributed by atoms with Gasteiger partial charge in [-0.3, -0.25) is 9.69 Å². The number of thioether (sulfide) groups is 1. The first-order chi connectivity index (χ1) is 18.3. The predicted molar refractivity (Wildman–Crippen MR) is 159 cm³/mol. The van der Waals surface area contributed by atoms with E-state index in [2.05, 4.69) is 27.6 Å². The van der Waals surface area contributed by atoms with Gasteiger partial charge in [0.25, 0.3) is 5.91 Å². The number of methoxy groups -OCH3 is 1. The van der Waals surface area contributed by atoms with E-state index in [0.29, 0.717) is 51.1 Å². The Labute approximate surface area is 244 Å². The maximum Gasteiger partial charge on any atom is 0.337 e. The minimum absolute atomic E-state index is 0.160. The third kappa shape index (κ3) is 6.51. The normalized spacial score (nSPS) is 15.3. The van der Waals surface area contributed by atoms with Crippen molar-refractivity contribution >= 4 is 74.8 Å². The van der Waals surface area contributed by atoms with Gasteiger partial charge in [-0.25, -0.2) is 9.79 Å². The summed E-state index contributed by atoms with van der Waals surface area (Å²) in [6, 6.07) is 18.0. The van der Waals surface area contributed by atoms with Crippen LogP contribution < -0.4 is 9.47 Å². The van der Waals surface area contributed by atoms with Gasteiger partial charge in [-0.2, -0.15) is 0 Å². The number of benzene rings is 3. The highest BCUT2D eigenvalue weighted by Crippen LogP contribution is 2.38. The van der Waals surface area contributed by atoms with Crippen LogP contribution in [0, 0.1) is 3.57 Å². The number of aliphatic imine (C=N–C) groups is 1. The SMILES string of the molecule is CCOc1cc(C=C2SC(=Nc3ccc(C(=O)OC)cc3)N(C)C2=O)cc(I)c1OCc1ccccc1Cl. The lowest BCUT2D eigenvalue weighted by Crippen LogP contribution is -2.23. The standard InChI is InChI=1S/C28H24ClIN2O5S/c1-4-36-23-14-17(13-22(30)25(23)37-16-19-7-5-6-8-21(19)29)15-24-26(33)32(2)28(38-24)31-20-11-9-18(10-12-20)27(34)35-3/h5-15H,4,16H2,1-3H3. The molecule has 0 spiro atoms. The molecule has 1 amide bonds. The van der Waals surface area contributed by atoms with Crippen LogP contribution in [-0.4, -0.2) is 42.7 Å². The molecule has 0 unspecified atom stereocenters. The molecular formula is C28H24ClIN2O5S. The lowest BCUT2D eigenvalue weighted by atomic mass is 10.1. The first-order valence-corrected chi connectivity index (χ1v) is 13.8. The molecule has 7 nitrogen and oxygen atoms in total. The number of ether oxygens (including phenoxy) is 3. The Morgan fingerprint density at radius 1 is 1.13 bits per heavy atom. The summed E-state index contributed by atoms with van der Waals surface area (Å²) in [4.78, 5) is 31.2. The van der Waals surface area contributed by atoms with E-state index in [-0.39, 0.29) is 5.91 Å². The highest BCUT2D eigenvalue weighted by atomic mass is 127. The molecular weight excluding hydrogens is 639 g/mol. The zero-order valence-electron chi connectivity index (χ0n) is 20.9. The van der Waals surface area contributed by atoms with Gasteiger partial charge in [0.1, 0.15) is 6.61 Å². The molecule has 0 aliphatic carbocycles. The highest BCUT2D eigenvalue weighted by Gasteiger charge is 2.30. The van der Waals surface area contributed by atoms with Gasteiger partial charge in [-0.15, -0.1) is 0 Å². The lowest BCUT2D eigenvalue weighted by molar-refractivity contribution is -0.121. The molecule has 0 saturated carbocycles. The number of esters is 1. The number of hydrogen-bond acceptors (Lipinski definition) is 7. The van der Waals surface area contributed by atoms with Crippen LogP contribution >= 0.6 is 46.0 Å². The molecule has 0 atom stereocenters. The van der Waals surface area contributed by atoms with Crippen molar-refractivity contribution in [2.45, 2.75) is 13.5 Å². The highest BCUT2D eigenvalue weighted by molar-refractivity contribution is 14.1. The quantitative estimate of drug-likeness (QED) is 0.148. The number of hydrogen-bond donors (Lipinski definition) is 0. The number of likely N-dealkylation sites (N-methyl/N-ethyl adjacent to an activating group) is 1. The fraction of sp³-hybridized carbons (Fsp3) is 0.179. The molecule has 1 aliphatic heterocycles. The summed E-state index contributed by atoms with van der Waals surface area (Å²) in [5.74, 6) is 0.627. The van der Waals surface area contributed by atoms with Gasteiger partial charge >= 0.3 is 5.97 Å². The molecule has 1 fully saturated rings. The Hall–Kier alpha value is -3.02. The van der Waals surface area contributed by atoms with Crippen molar-refractivity contribution in [3.8, 4) is 11.5 Å². The fourth-order valence-electron chi connectivity index (χ4n) is 3.54. The summed E-state index contributed by atoms with van der Waals surface area (Å²) in [6.45, 7) is 2.66. The van der Waals surface area contributed by atoms with Crippen LogP contribution in [0.5, 0.6) is 11.5 Å². The first-order valence-electron chi connectivity index (χ1n) is 11.6. The summed E-state index contributed by atoms with van der Waals surface area (Å²) in [7, 11) is 3.01. The van der Waals surface area contributed by atoms with E-state index in [1.807, 2.05) is 49.4 Å². The minimum Gasteiger partial charge on any atom is -0.490 e. The van der Waals surface area contributed by atoms with E-state index in [1.54, 1.807) is 31.3 Å². The average molecular weight is 663 g/mol. The predicted octanol–water partition coefficient (Wildman–Crippen LogP) is 6.94.